The topological polar surface area (TPSA) is 52.2 Å². The maximum absolute atomic E-state index is 12.9. The Balaban J connectivity index is 1.45. The number of fused-ring (bicyclic) bond motifs is 2. The average Bonchev–Trinajstić information content (AvgIpc) is 3.07. The molecule has 120 valence electrons. The Kier molecular flexibility index (Phi) is 3.65. The highest BCUT2D eigenvalue weighted by atomic mass is 16.2. The zero-order chi connectivity index (χ0) is 15.8. The monoisotopic (exact) mass is 310 g/mol. The van der Waals surface area contributed by atoms with E-state index in [0.29, 0.717) is 6.54 Å². The Bertz CT molecular complexity index is 723. The molecule has 2 aromatic rings. The highest BCUT2D eigenvalue weighted by Gasteiger charge is 2.30. The minimum atomic E-state index is -0.0724. The number of aromatic amines is 1. The zero-order valence-electron chi connectivity index (χ0n) is 13.5. The van der Waals surface area contributed by atoms with Crippen LogP contribution in [0.1, 0.15) is 29.3 Å². The third-order valence-electron chi connectivity index (χ3n) is 5.18. The fourth-order valence-corrected chi connectivity index (χ4v) is 3.68. The van der Waals surface area contributed by atoms with Crippen LogP contribution >= 0.6 is 0 Å². The van der Waals surface area contributed by atoms with Crippen molar-refractivity contribution in [2.24, 2.45) is 0 Å². The number of amides is 1. The third kappa shape index (κ3) is 2.65. The summed E-state index contributed by atoms with van der Waals surface area (Å²) in [5, 5.41) is 7.11. The fourth-order valence-electron chi connectivity index (χ4n) is 3.68. The lowest BCUT2D eigenvalue weighted by Gasteiger charge is -2.36. The number of rotatable bonds is 2. The molecule has 1 aromatic heterocycles. The second-order valence-corrected chi connectivity index (χ2v) is 6.55. The predicted octanol–water partition coefficient (Wildman–Crippen LogP) is 1.74. The van der Waals surface area contributed by atoms with Gasteiger partial charge in [0, 0.05) is 43.9 Å². The molecule has 23 heavy (non-hydrogen) atoms. The van der Waals surface area contributed by atoms with Crippen LogP contribution in [-0.4, -0.2) is 45.0 Å². The van der Waals surface area contributed by atoms with Gasteiger partial charge in [-0.1, -0.05) is 24.3 Å². The van der Waals surface area contributed by atoms with Crippen molar-refractivity contribution in [1.82, 2.24) is 20.0 Å². The molecular formula is C18H22N4O. The summed E-state index contributed by atoms with van der Waals surface area (Å²) in [6.45, 7) is 5.33. The van der Waals surface area contributed by atoms with Gasteiger partial charge in [-0.25, -0.2) is 0 Å². The van der Waals surface area contributed by atoms with E-state index in [-0.39, 0.29) is 11.9 Å². The average molecular weight is 310 g/mol. The van der Waals surface area contributed by atoms with Gasteiger partial charge >= 0.3 is 0 Å². The fraction of sp³-hybridized carbons (Fsp3) is 0.444. The van der Waals surface area contributed by atoms with Crippen LogP contribution in [0.15, 0.2) is 30.5 Å². The second-order valence-electron chi connectivity index (χ2n) is 6.55. The van der Waals surface area contributed by atoms with Gasteiger partial charge in [0.05, 0.1) is 12.2 Å². The first-order valence-electron chi connectivity index (χ1n) is 8.33. The van der Waals surface area contributed by atoms with Gasteiger partial charge in [0.25, 0.3) is 0 Å². The maximum atomic E-state index is 12.9. The smallest absolute Gasteiger partial charge is 0.239 e. The summed E-state index contributed by atoms with van der Waals surface area (Å²) in [6, 6.07) is 8.48. The quantitative estimate of drug-likeness (QED) is 0.919. The van der Waals surface area contributed by atoms with Crippen LogP contribution in [0, 0.1) is 0 Å². The van der Waals surface area contributed by atoms with Gasteiger partial charge in [0.1, 0.15) is 0 Å². The van der Waals surface area contributed by atoms with Gasteiger partial charge < -0.3 is 4.90 Å². The molecule has 0 saturated heterocycles. The molecule has 0 fully saturated rings. The summed E-state index contributed by atoms with van der Waals surface area (Å²) >= 11 is 0. The van der Waals surface area contributed by atoms with E-state index in [9.17, 15) is 4.79 Å². The van der Waals surface area contributed by atoms with Crippen LogP contribution in [0.2, 0.25) is 0 Å². The summed E-state index contributed by atoms with van der Waals surface area (Å²) in [6.07, 6.45) is 3.74. The first kappa shape index (κ1) is 14.5. The van der Waals surface area contributed by atoms with Crippen LogP contribution < -0.4 is 0 Å². The highest BCUT2D eigenvalue weighted by Crippen LogP contribution is 2.22. The van der Waals surface area contributed by atoms with Gasteiger partial charge in [-0.15, -0.1) is 0 Å². The van der Waals surface area contributed by atoms with Crippen molar-refractivity contribution in [3.05, 3.63) is 52.8 Å². The molecule has 3 heterocycles. The molecule has 1 atom stereocenters. The Morgan fingerprint density at radius 2 is 1.96 bits per heavy atom. The maximum Gasteiger partial charge on any atom is 0.239 e. The molecule has 5 heteroatoms. The summed E-state index contributed by atoms with van der Waals surface area (Å²) < 4.78 is 0. The highest BCUT2D eigenvalue weighted by molar-refractivity contribution is 5.81. The number of nitrogens with zero attached hydrogens (tertiary/aromatic N) is 3. The second kappa shape index (κ2) is 5.81. The molecule has 1 amide bonds. The van der Waals surface area contributed by atoms with Crippen molar-refractivity contribution in [1.29, 1.82) is 0 Å². The zero-order valence-corrected chi connectivity index (χ0v) is 13.5. The Labute approximate surface area is 136 Å². The van der Waals surface area contributed by atoms with Crippen molar-refractivity contribution >= 4 is 5.91 Å². The molecular weight excluding hydrogens is 288 g/mol. The largest absolute Gasteiger partial charge is 0.336 e. The molecule has 0 spiro atoms. The number of H-pyrrole nitrogens is 1. The van der Waals surface area contributed by atoms with E-state index in [2.05, 4.69) is 39.4 Å². The summed E-state index contributed by atoms with van der Waals surface area (Å²) in [4.78, 5) is 17.2. The van der Waals surface area contributed by atoms with Gasteiger partial charge in [-0.3, -0.25) is 14.8 Å². The number of aromatic nitrogens is 2. The number of carbonyl (C=O) groups excluding carboxylic acids is 1. The van der Waals surface area contributed by atoms with E-state index in [1.165, 1.54) is 16.8 Å². The van der Waals surface area contributed by atoms with Crippen LogP contribution in [0.5, 0.6) is 0 Å². The molecule has 1 N–H and O–H groups in total. The van der Waals surface area contributed by atoms with E-state index in [1.807, 2.05) is 18.0 Å². The lowest BCUT2D eigenvalue weighted by atomic mass is 9.98. The number of hydrogen-bond acceptors (Lipinski definition) is 3. The molecule has 1 aromatic carbocycles. The van der Waals surface area contributed by atoms with Crippen molar-refractivity contribution in [3.63, 3.8) is 0 Å². The SMILES string of the molecule is C[C@@H](C(=O)N1CCc2[nH]ncc2C1)N1CCc2ccccc2C1. The Morgan fingerprint density at radius 3 is 2.83 bits per heavy atom. The molecule has 0 aliphatic carbocycles. The van der Waals surface area contributed by atoms with E-state index < -0.39 is 0 Å². The normalized spacial score (nSPS) is 19.1. The first-order chi connectivity index (χ1) is 11.2. The minimum Gasteiger partial charge on any atom is -0.336 e. The minimum absolute atomic E-state index is 0.0724. The Hall–Kier alpha value is -2.14. The summed E-state index contributed by atoms with van der Waals surface area (Å²) in [5.74, 6) is 0.233. The van der Waals surface area contributed by atoms with Gasteiger partial charge in [-0.05, 0) is 24.5 Å². The number of hydrogen-bond donors (Lipinski definition) is 1. The predicted molar refractivity (Wildman–Crippen MR) is 87.7 cm³/mol. The van der Waals surface area contributed by atoms with E-state index in [1.54, 1.807) is 0 Å². The van der Waals surface area contributed by atoms with Crippen LogP contribution in [0.4, 0.5) is 0 Å². The number of carbonyl (C=O) groups is 1. The van der Waals surface area contributed by atoms with Crippen molar-refractivity contribution < 1.29 is 4.79 Å². The number of benzene rings is 1. The van der Waals surface area contributed by atoms with Gasteiger partial charge in [-0.2, -0.15) is 5.10 Å². The molecule has 0 unspecified atom stereocenters. The molecule has 2 aliphatic heterocycles. The molecule has 2 aliphatic rings. The molecule has 0 radical (unpaired) electrons. The first-order valence-corrected chi connectivity index (χ1v) is 8.33. The van der Waals surface area contributed by atoms with Crippen molar-refractivity contribution in [2.45, 2.75) is 38.9 Å². The van der Waals surface area contributed by atoms with Crippen LogP contribution in [0.25, 0.3) is 0 Å². The van der Waals surface area contributed by atoms with Gasteiger partial charge in [0.15, 0.2) is 0 Å². The molecule has 0 bridgehead atoms. The van der Waals surface area contributed by atoms with Crippen molar-refractivity contribution in [2.75, 3.05) is 13.1 Å². The summed E-state index contributed by atoms with van der Waals surface area (Å²) in [7, 11) is 0. The van der Waals surface area contributed by atoms with Crippen LogP contribution in [0.3, 0.4) is 0 Å². The van der Waals surface area contributed by atoms with E-state index in [4.69, 9.17) is 0 Å². The van der Waals surface area contributed by atoms with Gasteiger partial charge in [0.2, 0.25) is 5.91 Å². The molecule has 5 nitrogen and oxygen atoms in total. The number of nitrogens with one attached hydrogen (secondary N) is 1. The summed E-state index contributed by atoms with van der Waals surface area (Å²) in [5.41, 5.74) is 5.10. The third-order valence-corrected chi connectivity index (χ3v) is 5.18. The molecule has 0 saturated carbocycles. The molecule has 4 rings (SSSR count). The Morgan fingerprint density at radius 1 is 1.13 bits per heavy atom. The van der Waals surface area contributed by atoms with E-state index in [0.717, 1.165) is 38.0 Å². The standard InChI is InChI=1S/C18H22N4O/c1-13(21-8-6-14-4-2-3-5-15(14)11-21)18(23)22-9-7-17-16(12-22)10-19-20-17/h2-5,10,13H,6-9,11-12H2,1H3,(H,19,20)/t13-/m0/s1. The van der Waals surface area contributed by atoms with Crippen molar-refractivity contribution in [3.8, 4) is 0 Å². The van der Waals surface area contributed by atoms with Crippen LogP contribution in [-0.2, 0) is 30.7 Å². The van der Waals surface area contributed by atoms with E-state index >= 15 is 0 Å². The lowest BCUT2D eigenvalue weighted by Crippen LogP contribution is -2.49. The lowest BCUT2D eigenvalue weighted by molar-refractivity contribution is -0.137.